The fraction of sp³-hybridized carbons (Fsp3) is 0.190. The Balaban J connectivity index is 1.95. The van der Waals surface area contributed by atoms with Gasteiger partial charge in [0.05, 0.1) is 18.1 Å². The summed E-state index contributed by atoms with van der Waals surface area (Å²) in [4.78, 5) is 35.9. The van der Waals surface area contributed by atoms with Gasteiger partial charge in [0.2, 0.25) is 0 Å². The van der Waals surface area contributed by atoms with E-state index in [4.69, 9.17) is 9.47 Å². The normalized spacial score (nSPS) is 13.9. The minimum atomic E-state index is -1.34. The van der Waals surface area contributed by atoms with Crippen LogP contribution < -0.4 is 14.6 Å². The van der Waals surface area contributed by atoms with Crippen molar-refractivity contribution in [3.8, 4) is 11.5 Å². The third-order valence-corrected chi connectivity index (χ3v) is 4.12. The maximum Gasteiger partial charge on any atom is 0.197 e. The Bertz CT molecular complexity index is 920. The SMILES string of the molecule is CCOc1cc(C=C2C(=O)c3ccccc3C2=O)ccc1O[C@@H](C)C(=O)[O-]. The predicted molar refractivity (Wildman–Crippen MR) is 95.8 cm³/mol. The summed E-state index contributed by atoms with van der Waals surface area (Å²) in [5, 5.41) is 10.9. The van der Waals surface area contributed by atoms with Crippen molar-refractivity contribution in [1.29, 1.82) is 0 Å². The summed E-state index contributed by atoms with van der Waals surface area (Å²) in [5.41, 5.74) is 1.43. The topological polar surface area (TPSA) is 92.7 Å². The van der Waals surface area contributed by atoms with Crippen LogP contribution in [0.3, 0.4) is 0 Å². The second-order valence-corrected chi connectivity index (χ2v) is 5.98. The molecule has 0 saturated carbocycles. The maximum atomic E-state index is 12.5. The van der Waals surface area contributed by atoms with Crippen LogP contribution in [0.4, 0.5) is 0 Å². The summed E-state index contributed by atoms with van der Waals surface area (Å²) in [5.74, 6) is -1.43. The quantitative estimate of drug-likeness (QED) is 0.575. The number of rotatable bonds is 6. The zero-order chi connectivity index (χ0) is 19.6. The van der Waals surface area contributed by atoms with Crippen molar-refractivity contribution >= 4 is 23.6 Å². The van der Waals surface area contributed by atoms with Crippen molar-refractivity contribution in [2.45, 2.75) is 20.0 Å². The van der Waals surface area contributed by atoms with Gasteiger partial charge in [-0.1, -0.05) is 30.3 Å². The van der Waals surface area contributed by atoms with Gasteiger partial charge in [-0.15, -0.1) is 0 Å². The number of Topliss-reactive ketones (excluding diaryl/α,β-unsaturated/α-hetero) is 2. The molecular formula is C21H17O6-. The van der Waals surface area contributed by atoms with E-state index in [1.807, 2.05) is 0 Å². The van der Waals surface area contributed by atoms with Gasteiger partial charge in [0, 0.05) is 11.1 Å². The van der Waals surface area contributed by atoms with Crippen LogP contribution in [0.5, 0.6) is 11.5 Å². The molecule has 1 atom stereocenters. The standard InChI is InChI=1S/C21H18O6/c1-3-26-18-11-13(8-9-17(18)27-12(2)21(24)25)10-16-19(22)14-6-4-5-7-15(14)20(16)23/h4-12H,3H2,1-2H3,(H,24,25)/p-1/t12-/m0/s1. The molecule has 0 saturated heterocycles. The lowest BCUT2D eigenvalue weighted by atomic mass is 10.1. The highest BCUT2D eigenvalue weighted by molar-refractivity contribution is 6.41. The smallest absolute Gasteiger partial charge is 0.197 e. The van der Waals surface area contributed by atoms with Gasteiger partial charge < -0.3 is 19.4 Å². The van der Waals surface area contributed by atoms with E-state index in [-0.39, 0.29) is 22.9 Å². The monoisotopic (exact) mass is 365 g/mol. The predicted octanol–water partition coefficient (Wildman–Crippen LogP) is 2.07. The number of ketones is 2. The number of benzene rings is 2. The minimum absolute atomic E-state index is 0.0791. The van der Waals surface area contributed by atoms with E-state index in [1.54, 1.807) is 43.3 Å². The number of hydrogen-bond donors (Lipinski definition) is 0. The van der Waals surface area contributed by atoms with Crippen molar-refractivity contribution in [3.05, 3.63) is 64.7 Å². The van der Waals surface area contributed by atoms with Crippen LogP contribution in [0.2, 0.25) is 0 Å². The summed E-state index contributed by atoms with van der Waals surface area (Å²) in [6, 6.07) is 11.4. The van der Waals surface area contributed by atoms with Gasteiger partial charge in [-0.25, -0.2) is 0 Å². The lowest BCUT2D eigenvalue weighted by molar-refractivity contribution is -0.312. The third-order valence-electron chi connectivity index (χ3n) is 4.12. The van der Waals surface area contributed by atoms with Gasteiger partial charge in [-0.05, 0) is 37.6 Å². The van der Waals surface area contributed by atoms with Gasteiger partial charge in [0.25, 0.3) is 0 Å². The number of carbonyl (C=O) groups excluding carboxylic acids is 3. The molecule has 2 aromatic rings. The summed E-state index contributed by atoms with van der Waals surface area (Å²) < 4.78 is 10.8. The molecule has 27 heavy (non-hydrogen) atoms. The molecule has 0 unspecified atom stereocenters. The Morgan fingerprint density at radius 3 is 2.26 bits per heavy atom. The average Bonchev–Trinajstić information content (AvgIpc) is 2.89. The van der Waals surface area contributed by atoms with Crippen molar-refractivity contribution in [2.24, 2.45) is 0 Å². The number of aliphatic carboxylic acids is 1. The average molecular weight is 365 g/mol. The molecule has 0 amide bonds. The van der Waals surface area contributed by atoms with Gasteiger partial charge in [-0.2, -0.15) is 0 Å². The van der Waals surface area contributed by atoms with Gasteiger partial charge in [-0.3, -0.25) is 9.59 Å². The third kappa shape index (κ3) is 3.60. The van der Waals surface area contributed by atoms with Crippen LogP contribution in [0.1, 0.15) is 40.1 Å². The van der Waals surface area contributed by atoms with Crippen LogP contribution in [0.15, 0.2) is 48.0 Å². The van der Waals surface area contributed by atoms with E-state index in [0.717, 1.165) is 0 Å². The molecule has 2 aromatic carbocycles. The van der Waals surface area contributed by atoms with Crippen LogP contribution >= 0.6 is 0 Å². The number of fused-ring (bicyclic) bond motifs is 1. The Hall–Kier alpha value is -3.41. The highest BCUT2D eigenvalue weighted by atomic mass is 16.5. The molecule has 6 heteroatoms. The molecule has 0 N–H and O–H groups in total. The lowest BCUT2D eigenvalue weighted by Gasteiger charge is -2.18. The molecule has 0 heterocycles. The molecule has 1 aliphatic rings. The van der Waals surface area contributed by atoms with E-state index >= 15 is 0 Å². The second-order valence-electron chi connectivity index (χ2n) is 5.98. The Morgan fingerprint density at radius 1 is 1.07 bits per heavy atom. The van der Waals surface area contributed by atoms with Crippen LogP contribution in [0, 0.1) is 0 Å². The van der Waals surface area contributed by atoms with Crippen LogP contribution in [-0.2, 0) is 4.79 Å². The molecular weight excluding hydrogens is 348 g/mol. The highest BCUT2D eigenvalue weighted by Crippen LogP contribution is 2.32. The van der Waals surface area contributed by atoms with E-state index < -0.39 is 12.1 Å². The van der Waals surface area contributed by atoms with Crippen LogP contribution in [-0.4, -0.2) is 30.2 Å². The zero-order valence-corrected chi connectivity index (χ0v) is 14.9. The first-order valence-electron chi connectivity index (χ1n) is 8.46. The maximum absolute atomic E-state index is 12.5. The molecule has 1 aliphatic carbocycles. The first-order valence-corrected chi connectivity index (χ1v) is 8.46. The molecule has 3 rings (SSSR count). The van der Waals surface area contributed by atoms with E-state index in [1.165, 1.54) is 19.1 Å². The molecule has 138 valence electrons. The first-order chi connectivity index (χ1) is 12.9. The summed E-state index contributed by atoms with van der Waals surface area (Å²) in [6.07, 6.45) is 0.347. The number of hydrogen-bond acceptors (Lipinski definition) is 6. The molecule has 0 radical (unpaired) electrons. The largest absolute Gasteiger partial charge is 0.546 e. The molecule has 0 aliphatic heterocycles. The van der Waals surface area contributed by atoms with Gasteiger partial charge in [0.1, 0.15) is 6.10 Å². The molecule has 0 bridgehead atoms. The molecule has 0 spiro atoms. The van der Waals surface area contributed by atoms with Crippen LogP contribution in [0.25, 0.3) is 6.08 Å². The minimum Gasteiger partial charge on any atom is -0.546 e. The van der Waals surface area contributed by atoms with E-state index in [0.29, 0.717) is 29.0 Å². The number of carboxylic acid groups (broad SMARTS) is 1. The molecule has 6 nitrogen and oxygen atoms in total. The van der Waals surface area contributed by atoms with Crippen molar-refractivity contribution in [2.75, 3.05) is 6.61 Å². The fourth-order valence-corrected chi connectivity index (χ4v) is 2.79. The van der Waals surface area contributed by atoms with Crippen molar-refractivity contribution in [3.63, 3.8) is 0 Å². The van der Waals surface area contributed by atoms with Gasteiger partial charge in [0.15, 0.2) is 23.1 Å². The summed E-state index contributed by atoms with van der Waals surface area (Å²) in [7, 11) is 0. The summed E-state index contributed by atoms with van der Waals surface area (Å²) in [6.45, 7) is 3.46. The zero-order valence-electron chi connectivity index (χ0n) is 14.9. The Labute approximate surface area is 156 Å². The summed E-state index contributed by atoms with van der Waals surface area (Å²) >= 11 is 0. The van der Waals surface area contributed by atoms with Crippen molar-refractivity contribution < 1.29 is 29.0 Å². The number of allylic oxidation sites excluding steroid dienone is 1. The van der Waals surface area contributed by atoms with E-state index in [9.17, 15) is 19.5 Å². The van der Waals surface area contributed by atoms with E-state index in [2.05, 4.69) is 0 Å². The number of ether oxygens (including phenoxy) is 2. The highest BCUT2D eigenvalue weighted by Gasteiger charge is 2.32. The number of carboxylic acids is 1. The Kier molecular flexibility index (Phi) is 5.07. The number of carbonyl (C=O) groups is 3. The van der Waals surface area contributed by atoms with Crippen molar-refractivity contribution in [1.82, 2.24) is 0 Å². The van der Waals surface area contributed by atoms with Gasteiger partial charge >= 0.3 is 0 Å². The molecule has 0 aromatic heterocycles. The first kappa shape index (κ1) is 18.4. The lowest BCUT2D eigenvalue weighted by Crippen LogP contribution is -2.37. The molecule has 0 fully saturated rings. The fourth-order valence-electron chi connectivity index (χ4n) is 2.79. The Morgan fingerprint density at radius 2 is 1.70 bits per heavy atom. The second kappa shape index (κ2) is 7.45.